The number of carbonyl (C=O) groups is 2. The molecule has 7 nitrogen and oxygen atoms in total. The van der Waals surface area contributed by atoms with Gasteiger partial charge in [-0.3, -0.25) is 13.9 Å². The lowest BCUT2D eigenvalue weighted by molar-refractivity contribution is -0.139. The summed E-state index contributed by atoms with van der Waals surface area (Å²) >= 11 is 6.05. The molecule has 0 saturated carbocycles. The highest BCUT2D eigenvalue weighted by atomic mass is 35.5. The minimum Gasteiger partial charge on any atom is -0.354 e. The van der Waals surface area contributed by atoms with Gasteiger partial charge in [0.15, 0.2) is 0 Å². The summed E-state index contributed by atoms with van der Waals surface area (Å²) in [4.78, 5) is 28.4. The third-order valence-corrected chi connectivity index (χ3v) is 8.56. The first-order valence-corrected chi connectivity index (χ1v) is 14.8. The van der Waals surface area contributed by atoms with E-state index in [1.54, 1.807) is 68.4 Å². The number of halogens is 1. The Labute approximate surface area is 236 Å². The number of hydrogen-bond acceptors (Lipinski definition) is 4. The topological polar surface area (TPSA) is 86.8 Å². The van der Waals surface area contributed by atoms with Crippen LogP contribution in [-0.2, 0) is 26.2 Å². The summed E-state index contributed by atoms with van der Waals surface area (Å²) in [6.45, 7) is 7.50. The number of nitrogens with one attached hydrogen (secondary N) is 1. The van der Waals surface area contributed by atoms with Crippen LogP contribution >= 0.6 is 11.6 Å². The second kappa shape index (κ2) is 13.6. The van der Waals surface area contributed by atoms with Crippen LogP contribution in [0.25, 0.3) is 0 Å². The molecule has 208 valence electrons. The summed E-state index contributed by atoms with van der Waals surface area (Å²) in [6, 6.07) is 19.7. The van der Waals surface area contributed by atoms with E-state index in [0.717, 1.165) is 28.3 Å². The van der Waals surface area contributed by atoms with Gasteiger partial charge in [0.1, 0.15) is 12.6 Å². The number of sulfonamides is 1. The molecule has 0 aromatic heterocycles. The van der Waals surface area contributed by atoms with E-state index in [9.17, 15) is 18.0 Å². The van der Waals surface area contributed by atoms with E-state index in [1.807, 2.05) is 19.9 Å². The maximum absolute atomic E-state index is 13.9. The summed E-state index contributed by atoms with van der Waals surface area (Å²) < 4.78 is 28.9. The number of hydrogen-bond donors (Lipinski definition) is 1. The number of unbranched alkanes of at least 4 members (excludes halogenated alkanes) is 1. The number of carbonyl (C=O) groups excluding carboxylic acids is 2. The van der Waals surface area contributed by atoms with Gasteiger partial charge in [-0.25, -0.2) is 8.42 Å². The first kappa shape index (κ1) is 30.2. The fourth-order valence-corrected chi connectivity index (χ4v) is 5.70. The third-order valence-electron chi connectivity index (χ3n) is 6.54. The van der Waals surface area contributed by atoms with Crippen molar-refractivity contribution in [2.75, 3.05) is 17.4 Å². The van der Waals surface area contributed by atoms with Crippen LogP contribution in [0, 0.1) is 13.8 Å². The van der Waals surface area contributed by atoms with Crippen molar-refractivity contribution in [2.24, 2.45) is 0 Å². The van der Waals surface area contributed by atoms with Crippen molar-refractivity contribution in [3.05, 3.63) is 94.5 Å². The predicted octanol–water partition coefficient (Wildman–Crippen LogP) is 5.49. The molecule has 3 rings (SSSR count). The van der Waals surface area contributed by atoms with E-state index in [4.69, 9.17) is 11.6 Å². The van der Waals surface area contributed by atoms with Crippen molar-refractivity contribution in [1.29, 1.82) is 0 Å². The Bertz CT molecular complexity index is 1380. The average Bonchev–Trinajstić information content (AvgIpc) is 2.91. The monoisotopic (exact) mass is 569 g/mol. The second-order valence-corrected chi connectivity index (χ2v) is 11.9. The lowest BCUT2D eigenvalue weighted by Gasteiger charge is -2.32. The molecule has 1 N–H and O–H groups in total. The zero-order valence-electron chi connectivity index (χ0n) is 22.9. The molecule has 0 spiro atoms. The number of para-hydroxylation sites is 1. The van der Waals surface area contributed by atoms with E-state index < -0.39 is 28.5 Å². The van der Waals surface area contributed by atoms with Gasteiger partial charge in [-0.15, -0.1) is 0 Å². The molecule has 0 aliphatic carbocycles. The van der Waals surface area contributed by atoms with Crippen molar-refractivity contribution < 1.29 is 18.0 Å². The highest BCUT2D eigenvalue weighted by Crippen LogP contribution is 2.27. The lowest BCUT2D eigenvalue weighted by Crippen LogP contribution is -2.51. The Hall–Kier alpha value is -3.36. The minimum absolute atomic E-state index is 0.0822. The summed E-state index contributed by atoms with van der Waals surface area (Å²) in [5.74, 6) is -0.795. The van der Waals surface area contributed by atoms with Gasteiger partial charge in [-0.05, 0) is 68.7 Å². The smallest absolute Gasteiger partial charge is 0.264 e. The van der Waals surface area contributed by atoms with Crippen LogP contribution in [0.2, 0.25) is 5.02 Å². The van der Waals surface area contributed by atoms with Gasteiger partial charge in [0, 0.05) is 18.1 Å². The molecule has 3 aromatic rings. The normalized spacial score (nSPS) is 12.0. The Morgan fingerprint density at radius 2 is 1.59 bits per heavy atom. The molecule has 0 heterocycles. The van der Waals surface area contributed by atoms with Crippen molar-refractivity contribution in [1.82, 2.24) is 10.2 Å². The fraction of sp³-hybridized carbons (Fsp3) is 0.333. The highest BCUT2D eigenvalue weighted by molar-refractivity contribution is 7.92. The summed E-state index contributed by atoms with van der Waals surface area (Å²) in [7, 11) is -4.10. The maximum Gasteiger partial charge on any atom is 0.264 e. The average molecular weight is 570 g/mol. The number of anilines is 1. The Balaban J connectivity index is 2.00. The Morgan fingerprint density at radius 1 is 0.949 bits per heavy atom. The van der Waals surface area contributed by atoms with Crippen LogP contribution in [0.5, 0.6) is 0 Å². The molecule has 3 aromatic carbocycles. The van der Waals surface area contributed by atoms with Crippen molar-refractivity contribution in [2.45, 2.75) is 58.0 Å². The van der Waals surface area contributed by atoms with E-state index in [0.29, 0.717) is 22.8 Å². The molecule has 0 fully saturated rings. The van der Waals surface area contributed by atoms with E-state index in [2.05, 4.69) is 5.32 Å². The van der Waals surface area contributed by atoms with Crippen molar-refractivity contribution in [3.8, 4) is 0 Å². The van der Waals surface area contributed by atoms with Crippen LogP contribution in [0.15, 0.2) is 77.7 Å². The Morgan fingerprint density at radius 3 is 2.21 bits per heavy atom. The number of aryl methyl sites for hydroxylation is 2. The van der Waals surface area contributed by atoms with Crippen LogP contribution in [0.3, 0.4) is 0 Å². The molecule has 0 radical (unpaired) electrons. The van der Waals surface area contributed by atoms with Crippen LogP contribution in [-0.4, -0.2) is 44.3 Å². The second-order valence-electron chi connectivity index (χ2n) is 9.58. The van der Waals surface area contributed by atoms with Gasteiger partial charge in [0.2, 0.25) is 11.8 Å². The molecule has 0 aliphatic rings. The van der Waals surface area contributed by atoms with Crippen LogP contribution in [0.1, 0.15) is 43.4 Å². The molecule has 0 unspecified atom stereocenters. The number of amides is 2. The molecular weight excluding hydrogens is 534 g/mol. The standard InChI is InChI=1S/C30H36ClN3O4S/c1-5-6-19-32-30(36)24(4)33(20-25-13-15-26(31)16-14-25)29(35)21-34(28-10-8-7-9-23(28)3)39(37,38)27-17-11-22(2)12-18-27/h7-18,24H,5-6,19-21H2,1-4H3,(H,32,36)/t24-/m1/s1. The van der Waals surface area contributed by atoms with Crippen LogP contribution in [0.4, 0.5) is 5.69 Å². The number of benzene rings is 3. The van der Waals surface area contributed by atoms with Gasteiger partial charge in [0.05, 0.1) is 10.6 Å². The van der Waals surface area contributed by atoms with Crippen LogP contribution < -0.4 is 9.62 Å². The minimum atomic E-state index is -4.10. The van der Waals surface area contributed by atoms with Gasteiger partial charge in [0.25, 0.3) is 10.0 Å². The quantitative estimate of drug-likeness (QED) is 0.292. The molecule has 0 saturated heterocycles. The number of rotatable bonds is 12. The van der Waals surface area contributed by atoms with Gasteiger partial charge >= 0.3 is 0 Å². The number of nitrogens with zero attached hydrogens (tertiary/aromatic N) is 2. The lowest BCUT2D eigenvalue weighted by atomic mass is 10.1. The van der Waals surface area contributed by atoms with Crippen molar-refractivity contribution >= 4 is 39.1 Å². The largest absolute Gasteiger partial charge is 0.354 e. The summed E-state index contributed by atoms with van der Waals surface area (Å²) in [5.41, 5.74) is 2.79. The van der Waals surface area contributed by atoms with Crippen molar-refractivity contribution in [3.63, 3.8) is 0 Å². The molecule has 39 heavy (non-hydrogen) atoms. The first-order chi connectivity index (χ1) is 18.5. The highest BCUT2D eigenvalue weighted by Gasteiger charge is 2.33. The first-order valence-electron chi connectivity index (χ1n) is 13.0. The summed E-state index contributed by atoms with van der Waals surface area (Å²) in [5, 5.41) is 3.44. The SMILES string of the molecule is CCCCNC(=O)[C@@H](C)N(Cc1ccc(Cl)cc1)C(=O)CN(c1ccccc1C)S(=O)(=O)c1ccc(C)cc1. The van der Waals surface area contributed by atoms with E-state index in [1.165, 1.54) is 17.0 Å². The zero-order chi connectivity index (χ0) is 28.6. The Kier molecular flexibility index (Phi) is 10.5. The summed E-state index contributed by atoms with van der Waals surface area (Å²) in [6.07, 6.45) is 1.74. The third kappa shape index (κ3) is 7.83. The maximum atomic E-state index is 13.9. The fourth-order valence-electron chi connectivity index (χ4n) is 4.10. The predicted molar refractivity (Wildman–Crippen MR) is 156 cm³/mol. The van der Waals surface area contributed by atoms with Gasteiger partial charge in [-0.2, -0.15) is 0 Å². The molecular formula is C30H36ClN3O4S. The van der Waals surface area contributed by atoms with Gasteiger partial charge in [-0.1, -0.05) is 73.0 Å². The molecule has 0 bridgehead atoms. The van der Waals surface area contributed by atoms with E-state index >= 15 is 0 Å². The molecule has 1 atom stereocenters. The molecule has 0 aliphatic heterocycles. The molecule has 9 heteroatoms. The zero-order valence-corrected chi connectivity index (χ0v) is 24.4. The van der Waals surface area contributed by atoms with Gasteiger partial charge < -0.3 is 10.2 Å². The molecule has 2 amide bonds. The van der Waals surface area contributed by atoms with E-state index in [-0.39, 0.29) is 17.3 Å².